The van der Waals surface area contributed by atoms with Crippen LogP contribution in [0.2, 0.25) is 0 Å². The molecule has 0 radical (unpaired) electrons. The maximum Gasteiger partial charge on any atom is 0.306 e. The van der Waals surface area contributed by atoms with Crippen LogP contribution < -0.4 is 5.32 Å². The van der Waals surface area contributed by atoms with E-state index >= 15 is 0 Å². The molecular formula is C22H18FN5O3. The maximum absolute atomic E-state index is 13.9. The van der Waals surface area contributed by atoms with Gasteiger partial charge >= 0.3 is 5.69 Å². The monoisotopic (exact) mass is 419 g/mol. The van der Waals surface area contributed by atoms with Gasteiger partial charge in [0, 0.05) is 35.3 Å². The number of nitrogens with zero attached hydrogens (tertiary/aromatic N) is 4. The smallest absolute Gasteiger partial charge is 0.306 e. The summed E-state index contributed by atoms with van der Waals surface area (Å²) in [5, 5.41) is 15.2. The molecule has 3 heterocycles. The number of benzene rings is 2. The summed E-state index contributed by atoms with van der Waals surface area (Å²) in [4.78, 5) is 19.3. The van der Waals surface area contributed by atoms with Gasteiger partial charge in [-0.1, -0.05) is 18.2 Å². The number of rotatable bonds is 4. The minimum atomic E-state index is -0.880. The summed E-state index contributed by atoms with van der Waals surface area (Å²) in [6, 6.07) is 12.2. The minimum absolute atomic E-state index is 0.266. The van der Waals surface area contributed by atoms with E-state index < -0.39 is 16.4 Å². The van der Waals surface area contributed by atoms with Gasteiger partial charge in [0.05, 0.1) is 35.2 Å². The van der Waals surface area contributed by atoms with Crippen LogP contribution in [0.3, 0.4) is 0 Å². The number of nitro groups is 1. The Labute approximate surface area is 176 Å². The first kappa shape index (κ1) is 19.1. The molecule has 156 valence electrons. The number of halogens is 1. The van der Waals surface area contributed by atoms with E-state index in [-0.39, 0.29) is 5.95 Å². The predicted molar refractivity (Wildman–Crippen MR) is 114 cm³/mol. The molecule has 0 fully saturated rings. The van der Waals surface area contributed by atoms with Crippen molar-refractivity contribution >= 4 is 28.2 Å². The first-order chi connectivity index (χ1) is 15.0. The molecule has 8 nitrogen and oxygen atoms in total. The number of fused-ring (bicyclic) bond motifs is 3. The van der Waals surface area contributed by atoms with Crippen LogP contribution in [0.4, 0.5) is 21.7 Å². The second kappa shape index (κ2) is 7.44. The number of aromatic nitrogens is 3. The number of nitro benzene ring substituents is 1. The van der Waals surface area contributed by atoms with Crippen LogP contribution in [0.15, 0.2) is 48.7 Å². The van der Waals surface area contributed by atoms with E-state index in [1.165, 1.54) is 0 Å². The molecule has 5 rings (SSSR count). The zero-order valence-corrected chi connectivity index (χ0v) is 16.6. The Morgan fingerprint density at radius 3 is 2.94 bits per heavy atom. The second-order valence-electron chi connectivity index (χ2n) is 7.31. The first-order valence-electron chi connectivity index (χ1n) is 9.76. The highest BCUT2D eigenvalue weighted by Crippen LogP contribution is 2.36. The molecule has 31 heavy (non-hydrogen) atoms. The summed E-state index contributed by atoms with van der Waals surface area (Å²) in [5.41, 5.74) is 4.13. The topological polar surface area (TPSA) is 95.1 Å². The van der Waals surface area contributed by atoms with Crippen LogP contribution in [0.25, 0.3) is 22.2 Å². The third-order valence-electron chi connectivity index (χ3n) is 5.43. The Hall–Kier alpha value is -3.85. The second-order valence-corrected chi connectivity index (χ2v) is 7.31. The van der Waals surface area contributed by atoms with E-state index in [1.54, 1.807) is 13.1 Å². The van der Waals surface area contributed by atoms with Crippen LogP contribution in [0.1, 0.15) is 11.3 Å². The molecule has 2 aromatic heterocycles. The normalized spacial score (nSPS) is 13.2. The van der Waals surface area contributed by atoms with Gasteiger partial charge in [0.1, 0.15) is 0 Å². The van der Waals surface area contributed by atoms with Crippen LogP contribution in [-0.4, -0.2) is 26.1 Å². The van der Waals surface area contributed by atoms with Gasteiger partial charge in [-0.25, -0.2) is 9.97 Å². The van der Waals surface area contributed by atoms with Crippen LogP contribution in [-0.2, 0) is 17.9 Å². The molecule has 9 heteroatoms. The molecule has 0 spiro atoms. The number of para-hydroxylation sites is 1. The fourth-order valence-corrected chi connectivity index (χ4v) is 3.99. The summed E-state index contributed by atoms with van der Waals surface area (Å²) in [6.07, 6.45) is 1.63. The molecule has 1 N–H and O–H groups in total. The third kappa shape index (κ3) is 3.28. The number of nitrogens with one attached hydrogen (secondary N) is 1. The van der Waals surface area contributed by atoms with E-state index in [2.05, 4.69) is 32.0 Å². The van der Waals surface area contributed by atoms with Gasteiger partial charge in [0.25, 0.3) is 0 Å². The Morgan fingerprint density at radius 1 is 1.26 bits per heavy atom. The molecule has 4 aromatic rings. The highest BCUT2D eigenvalue weighted by Gasteiger charge is 2.22. The lowest BCUT2D eigenvalue weighted by Crippen LogP contribution is -2.16. The zero-order chi connectivity index (χ0) is 21.5. The van der Waals surface area contributed by atoms with Crippen molar-refractivity contribution in [3.8, 4) is 11.3 Å². The summed E-state index contributed by atoms with van der Waals surface area (Å²) in [7, 11) is 0. The van der Waals surface area contributed by atoms with Gasteiger partial charge in [-0.15, -0.1) is 0 Å². The van der Waals surface area contributed by atoms with Crippen molar-refractivity contribution in [1.82, 2.24) is 14.5 Å². The molecule has 1 aliphatic rings. The average Bonchev–Trinajstić information content (AvgIpc) is 3.10. The number of anilines is 2. The summed E-state index contributed by atoms with van der Waals surface area (Å²) in [6.45, 7) is 3.57. The number of hydrogen-bond acceptors (Lipinski definition) is 6. The number of ether oxygens (including phenoxy) is 1. The van der Waals surface area contributed by atoms with E-state index in [4.69, 9.17) is 4.74 Å². The van der Waals surface area contributed by atoms with Gasteiger partial charge < -0.3 is 14.6 Å². The zero-order valence-electron chi connectivity index (χ0n) is 16.6. The van der Waals surface area contributed by atoms with Gasteiger partial charge in [0.15, 0.2) is 0 Å². The summed E-state index contributed by atoms with van der Waals surface area (Å²) < 4.78 is 21.8. The van der Waals surface area contributed by atoms with Gasteiger partial charge in [0.2, 0.25) is 11.8 Å². The molecule has 0 amide bonds. The van der Waals surface area contributed by atoms with Crippen molar-refractivity contribution in [1.29, 1.82) is 0 Å². The van der Waals surface area contributed by atoms with Crippen molar-refractivity contribution < 1.29 is 14.1 Å². The summed E-state index contributed by atoms with van der Waals surface area (Å²) in [5.74, 6) is -0.614. The van der Waals surface area contributed by atoms with Crippen molar-refractivity contribution in [2.24, 2.45) is 0 Å². The van der Waals surface area contributed by atoms with Crippen molar-refractivity contribution in [2.45, 2.75) is 20.1 Å². The largest absolute Gasteiger partial charge is 0.373 e. The van der Waals surface area contributed by atoms with E-state index in [0.29, 0.717) is 30.2 Å². The van der Waals surface area contributed by atoms with Crippen LogP contribution >= 0.6 is 0 Å². The Balaban J connectivity index is 1.59. The molecule has 0 aliphatic carbocycles. The number of aryl methyl sites for hydroxylation is 1. The van der Waals surface area contributed by atoms with Gasteiger partial charge in [-0.2, -0.15) is 4.39 Å². The predicted octanol–water partition coefficient (Wildman–Crippen LogP) is 4.73. The average molecular weight is 419 g/mol. The molecule has 0 saturated heterocycles. The standard InChI is InChI=1S/C22H18FN5O3/c1-13-10-15(23)19(28(29)30)11-17(13)26-22-24-7-6-16(25-22)21-14-4-2-3-5-18(14)27-8-9-31-12-20(21)27/h2-7,10-11H,8-9,12H2,1H3,(H,24,25,26). The van der Waals surface area contributed by atoms with Gasteiger partial charge in [-0.3, -0.25) is 10.1 Å². The third-order valence-corrected chi connectivity index (χ3v) is 5.43. The molecule has 1 aliphatic heterocycles. The molecule has 0 saturated carbocycles. The maximum atomic E-state index is 13.9. The first-order valence-corrected chi connectivity index (χ1v) is 9.76. The van der Waals surface area contributed by atoms with E-state index in [1.807, 2.05) is 18.2 Å². The molecule has 0 atom stereocenters. The highest BCUT2D eigenvalue weighted by molar-refractivity contribution is 5.97. The van der Waals surface area contributed by atoms with Crippen LogP contribution in [0.5, 0.6) is 0 Å². The SMILES string of the molecule is Cc1cc(F)c([N+](=O)[O-])cc1Nc1nccc(-c2c3n(c4ccccc24)CCOC3)n1. The molecule has 0 unspecified atom stereocenters. The van der Waals surface area contributed by atoms with Crippen molar-refractivity contribution in [3.63, 3.8) is 0 Å². The van der Waals surface area contributed by atoms with Gasteiger partial charge in [-0.05, 0) is 30.7 Å². The Kier molecular flexibility index (Phi) is 4.59. The fourth-order valence-electron chi connectivity index (χ4n) is 3.99. The van der Waals surface area contributed by atoms with Crippen molar-refractivity contribution in [3.05, 3.63) is 75.9 Å². The quantitative estimate of drug-likeness (QED) is 0.380. The molecular weight excluding hydrogens is 401 g/mol. The lowest BCUT2D eigenvalue weighted by Gasteiger charge is -2.18. The Morgan fingerprint density at radius 2 is 2.10 bits per heavy atom. The van der Waals surface area contributed by atoms with E-state index in [9.17, 15) is 14.5 Å². The highest BCUT2D eigenvalue weighted by atomic mass is 19.1. The fraction of sp³-hybridized carbons (Fsp3) is 0.182. The van der Waals surface area contributed by atoms with E-state index in [0.717, 1.165) is 40.8 Å². The molecule has 2 aromatic carbocycles. The molecule has 0 bridgehead atoms. The minimum Gasteiger partial charge on any atom is -0.373 e. The summed E-state index contributed by atoms with van der Waals surface area (Å²) >= 11 is 0. The van der Waals surface area contributed by atoms with Crippen molar-refractivity contribution in [2.75, 3.05) is 11.9 Å². The lowest BCUT2D eigenvalue weighted by atomic mass is 10.1. The van der Waals surface area contributed by atoms with Crippen LogP contribution in [0, 0.1) is 22.9 Å². The lowest BCUT2D eigenvalue weighted by molar-refractivity contribution is -0.387. The number of hydrogen-bond donors (Lipinski definition) is 1. The Bertz CT molecular complexity index is 1330.